The van der Waals surface area contributed by atoms with Gasteiger partial charge in [0, 0.05) is 25.1 Å². The Kier molecular flexibility index (Phi) is 5.52. The molecule has 1 aromatic heterocycles. The highest BCUT2D eigenvalue weighted by atomic mass is 16.1. The van der Waals surface area contributed by atoms with Crippen molar-refractivity contribution in [3.05, 3.63) is 54.6 Å². The normalized spacial score (nSPS) is 15.1. The summed E-state index contributed by atoms with van der Waals surface area (Å²) in [4.78, 5) is 17.1. The molecule has 4 heteroatoms. The Bertz CT molecular complexity index is 894. The lowest BCUT2D eigenvalue weighted by atomic mass is 9.87. The maximum absolute atomic E-state index is 12.3. The molecule has 4 nitrogen and oxygen atoms in total. The fraction of sp³-hybridized carbons (Fsp3) is 0.391. The van der Waals surface area contributed by atoms with Crippen LogP contribution < -0.4 is 5.32 Å². The molecule has 1 aliphatic carbocycles. The summed E-state index contributed by atoms with van der Waals surface area (Å²) in [6, 6.07) is 18.4. The number of nitrogens with zero attached hydrogens (tertiary/aromatic N) is 2. The van der Waals surface area contributed by atoms with E-state index in [1.54, 1.807) is 0 Å². The molecule has 1 heterocycles. The van der Waals surface area contributed by atoms with Crippen molar-refractivity contribution in [1.29, 1.82) is 0 Å². The Morgan fingerprint density at radius 1 is 1.00 bits per heavy atom. The average molecular weight is 361 g/mol. The third-order valence-electron chi connectivity index (χ3n) is 5.54. The SMILES string of the molecule is O=C(CC1CCCCC1)NCCn1c(-c2ccccc2)nc2ccccc21. The first kappa shape index (κ1) is 17.8. The second-order valence-corrected chi connectivity index (χ2v) is 7.50. The van der Waals surface area contributed by atoms with Gasteiger partial charge in [-0.3, -0.25) is 4.79 Å². The molecule has 1 aliphatic rings. The van der Waals surface area contributed by atoms with Gasteiger partial charge in [0.25, 0.3) is 0 Å². The topological polar surface area (TPSA) is 46.9 Å². The standard InChI is InChI=1S/C23H27N3O/c27-22(17-18-9-3-1-4-10-18)24-15-16-26-21-14-8-7-13-20(21)25-23(26)19-11-5-2-6-12-19/h2,5-8,11-14,18H,1,3-4,9-10,15-17H2,(H,24,27). The van der Waals surface area contributed by atoms with Gasteiger partial charge in [-0.15, -0.1) is 0 Å². The van der Waals surface area contributed by atoms with Crippen molar-refractivity contribution in [2.45, 2.75) is 45.1 Å². The summed E-state index contributed by atoms with van der Waals surface area (Å²) in [5.74, 6) is 1.72. The maximum atomic E-state index is 12.3. The second kappa shape index (κ2) is 8.38. The van der Waals surface area contributed by atoms with E-state index in [0.29, 0.717) is 18.9 Å². The predicted octanol–water partition coefficient (Wildman–Crippen LogP) is 4.79. The molecular weight excluding hydrogens is 334 g/mol. The monoisotopic (exact) mass is 361 g/mol. The Morgan fingerprint density at radius 3 is 2.56 bits per heavy atom. The Balaban J connectivity index is 1.45. The van der Waals surface area contributed by atoms with Gasteiger partial charge < -0.3 is 9.88 Å². The van der Waals surface area contributed by atoms with Crippen molar-refractivity contribution in [2.24, 2.45) is 5.92 Å². The largest absolute Gasteiger partial charge is 0.354 e. The first-order valence-corrected chi connectivity index (χ1v) is 10.1. The zero-order valence-corrected chi connectivity index (χ0v) is 15.7. The highest BCUT2D eigenvalue weighted by Crippen LogP contribution is 2.26. The quantitative estimate of drug-likeness (QED) is 0.686. The second-order valence-electron chi connectivity index (χ2n) is 7.50. The number of para-hydroxylation sites is 2. The van der Waals surface area contributed by atoms with Crippen LogP contribution in [0.5, 0.6) is 0 Å². The van der Waals surface area contributed by atoms with Crippen LogP contribution in [0.25, 0.3) is 22.4 Å². The van der Waals surface area contributed by atoms with Crippen molar-refractivity contribution in [2.75, 3.05) is 6.54 Å². The lowest BCUT2D eigenvalue weighted by molar-refractivity contribution is -0.122. The molecular formula is C23H27N3O. The lowest BCUT2D eigenvalue weighted by Gasteiger charge is -2.21. The van der Waals surface area contributed by atoms with Crippen molar-refractivity contribution < 1.29 is 4.79 Å². The fourth-order valence-electron chi connectivity index (χ4n) is 4.14. The van der Waals surface area contributed by atoms with E-state index in [1.165, 1.54) is 32.1 Å². The molecule has 0 saturated heterocycles. The van der Waals surface area contributed by atoms with E-state index in [0.717, 1.165) is 29.0 Å². The summed E-state index contributed by atoms with van der Waals surface area (Å²) in [5.41, 5.74) is 3.20. The van der Waals surface area contributed by atoms with Crippen molar-refractivity contribution in [1.82, 2.24) is 14.9 Å². The summed E-state index contributed by atoms with van der Waals surface area (Å²) < 4.78 is 2.21. The molecule has 0 radical (unpaired) electrons. The minimum absolute atomic E-state index is 0.188. The van der Waals surface area contributed by atoms with E-state index in [1.807, 2.05) is 36.4 Å². The zero-order valence-electron chi connectivity index (χ0n) is 15.7. The van der Waals surface area contributed by atoms with Gasteiger partial charge in [0.1, 0.15) is 5.82 Å². The molecule has 1 amide bonds. The van der Waals surface area contributed by atoms with Crippen LogP contribution in [0.1, 0.15) is 38.5 Å². The van der Waals surface area contributed by atoms with Crippen LogP contribution in [0.15, 0.2) is 54.6 Å². The molecule has 4 rings (SSSR count). The molecule has 140 valence electrons. The molecule has 1 saturated carbocycles. The first-order chi connectivity index (χ1) is 13.3. The number of hydrogen-bond acceptors (Lipinski definition) is 2. The molecule has 2 aromatic carbocycles. The molecule has 0 bridgehead atoms. The number of aromatic nitrogens is 2. The van der Waals surface area contributed by atoms with Crippen LogP contribution in [-0.2, 0) is 11.3 Å². The molecule has 0 atom stereocenters. The van der Waals surface area contributed by atoms with E-state index in [9.17, 15) is 4.79 Å². The van der Waals surface area contributed by atoms with Gasteiger partial charge in [-0.25, -0.2) is 4.98 Å². The molecule has 0 spiro atoms. The van der Waals surface area contributed by atoms with Crippen molar-refractivity contribution in [3.63, 3.8) is 0 Å². The lowest BCUT2D eigenvalue weighted by Crippen LogP contribution is -2.29. The van der Waals surface area contributed by atoms with Crippen molar-refractivity contribution >= 4 is 16.9 Å². The molecule has 1 N–H and O–H groups in total. The van der Waals surface area contributed by atoms with Crippen LogP contribution >= 0.6 is 0 Å². The summed E-state index contributed by atoms with van der Waals surface area (Å²) in [6.07, 6.45) is 6.97. The third kappa shape index (κ3) is 4.21. The van der Waals surface area contributed by atoms with Crippen LogP contribution in [0, 0.1) is 5.92 Å². The smallest absolute Gasteiger partial charge is 0.220 e. The number of nitrogens with one attached hydrogen (secondary N) is 1. The number of carbonyl (C=O) groups excluding carboxylic acids is 1. The van der Waals surface area contributed by atoms with Crippen LogP contribution in [0.3, 0.4) is 0 Å². The van der Waals surface area contributed by atoms with Gasteiger partial charge in [-0.1, -0.05) is 61.7 Å². The van der Waals surface area contributed by atoms with Crippen LogP contribution in [0.2, 0.25) is 0 Å². The van der Waals surface area contributed by atoms with Crippen molar-refractivity contribution in [3.8, 4) is 11.4 Å². The minimum atomic E-state index is 0.188. The number of imidazole rings is 1. The summed E-state index contributed by atoms with van der Waals surface area (Å²) in [7, 11) is 0. The number of fused-ring (bicyclic) bond motifs is 1. The van der Waals surface area contributed by atoms with Gasteiger partial charge in [0.2, 0.25) is 5.91 Å². The Labute approximate surface area is 160 Å². The van der Waals surface area contributed by atoms with Gasteiger partial charge in [0.05, 0.1) is 11.0 Å². The number of amides is 1. The Morgan fingerprint density at radius 2 is 1.74 bits per heavy atom. The van der Waals surface area contributed by atoms with Gasteiger partial charge in [-0.2, -0.15) is 0 Å². The maximum Gasteiger partial charge on any atom is 0.220 e. The highest BCUT2D eigenvalue weighted by Gasteiger charge is 2.17. The molecule has 0 unspecified atom stereocenters. The molecule has 0 aliphatic heterocycles. The van der Waals surface area contributed by atoms with E-state index in [4.69, 9.17) is 4.98 Å². The van der Waals surface area contributed by atoms with E-state index < -0.39 is 0 Å². The van der Waals surface area contributed by atoms with E-state index >= 15 is 0 Å². The van der Waals surface area contributed by atoms with Gasteiger partial charge >= 0.3 is 0 Å². The molecule has 27 heavy (non-hydrogen) atoms. The number of rotatable bonds is 6. The third-order valence-corrected chi connectivity index (χ3v) is 5.54. The zero-order chi connectivity index (χ0) is 18.5. The van der Waals surface area contributed by atoms with E-state index in [2.05, 4.69) is 28.1 Å². The Hall–Kier alpha value is -2.62. The molecule has 1 fully saturated rings. The number of carbonyl (C=O) groups is 1. The first-order valence-electron chi connectivity index (χ1n) is 10.1. The number of hydrogen-bond donors (Lipinski definition) is 1. The van der Waals surface area contributed by atoms with E-state index in [-0.39, 0.29) is 5.91 Å². The van der Waals surface area contributed by atoms with Gasteiger partial charge in [0.15, 0.2) is 0 Å². The van der Waals surface area contributed by atoms with Crippen LogP contribution in [-0.4, -0.2) is 22.0 Å². The van der Waals surface area contributed by atoms with Crippen LogP contribution in [0.4, 0.5) is 0 Å². The highest BCUT2D eigenvalue weighted by molar-refractivity contribution is 5.80. The average Bonchev–Trinajstić information content (AvgIpc) is 3.08. The predicted molar refractivity (Wildman–Crippen MR) is 109 cm³/mol. The minimum Gasteiger partial charge on any atom is -0.354 e. The summed E-state index contributed by atoms with van der Waals surface area (Å²) in [6.45, 7) is 1.35. The van der Waals surface area contributed by atoms with Gasteiger partial charge in [-0.05, 0) is 30.9 Å². The molecule has 3 aromatic rings. The summed E-state index contributed by atoms with van der Waals surface area (Å²) >= 11 is 0. The number of benzene rings is 2. The fourth-order valence-corrected chi connectivity index (χ4v) is 4.14. The summed E-state index contributed by atoms with van der Waals surface area (Å²) in [5, 5.41) is 3.12.